The smallest absolute Gasteiger partial charge is 0.358 e. The Kier molecular flexibility index (Phi) is 10.1. The van der Waals surface area contributed by atoms with Crippen molar-refractivity contribution in [3.05, 3.63) is 190 Å². The molecule has 9 aromatic rings. The third-order valence-electron chi connectivity index (χ3n) is 10.8. The Morgan fingerprint density at radius 1 is 0.431 bits per heavy atom. The molecule has 0 N–H and O–H groups in total. The Labute approximate surface area is 323 Å². The Morgan fingerprint density at radius 3 is 1.29 bits per heavy atom. The molecule has 0 aliphatic rings. The molecule has 246 valence electrons. The van der Waals surface area contributed by atoms with Gasteiger partial charge in [-0.05, 0) is 21.5 Å². The summed E-state index contributed by atoms with van der Waals surface area (Å²) >= 11 is 0. The van der Waals surface area contributed by atoms with Crippen LogP contribution in [-0.2, 0) is 26.2 Å². The number of hydrogen-bond acceptors (Lipinski definition) is 0. The van der Waals surface area contributed by atoms with Gasteiger partial charge in [0, 0.05) is 0 Å². The minimum Gasteiger partial charge on any atom is -0.358 e. The largest absolute Gasteiger partial charge is 4.00 e. The van der Waals surface area contributed by atoms with E-state index in [-0.39, 0.29) is 41.1 Å². The van der Waals surface area contributed by atoms with Crippen LogP contribution in [0.15, 0.2) is 164 Å². The van der Waals surface area contributed by atoms with Crippen LogP contribution in [0.2, 0.25) is 6.55 Å². The fraction of sp³-hybridized carbons (Fsp3) is 0.0612. The number of fused-ring (bicyclic) bond motifs is 4. The minimum absolute atomic E-state index is 0. The quantitative estimate of drug-likeness (QED) is 0.0934. The summed E-state index contributed by atoms with van der Waals surface area (Å²) in [6, 6.07) is 61.5. The van der Waals surface area contributed by atoms with Crippen molar-refractivity contribution >= 4 is 66.7 Å². The van der Waals surface area contributed by atoms with Crippen molar-refractivity contribution in [2.75, 3.05) is 0 Å². The first-order valence-electron chi connectivity index (χ1n) is 16.9. The monoisotopic (exact) mass is 748 g/mol. The summed E-state index contributed by atoms with van der Waals surface area (Å²) in [5.41, 5.74) is 8.03. The van der Waals surface area contributed by atoms with E-state index in [9.17, 15) is 0 Å². The average molecular weight is 750 g/mol. The maximum Gasteiger partial charge on any atom is 4.00 e. The molecule has 0 radical (unpaired) electrons. The van der Waals surface area contributed by atoms with Crippen molar-refractivity contribution in [1.29, 1.82) is 0 Å². The van der Waals surface area contributed by atoms with E-state index in [0.717, 1.165) is 0 Å². The van der Waals surface area contributed by atoms with Crippen molar-refractivity contribution in [2.24, 2.45) is 0 Å². The third kappa shape index (κ3) is 5.61. The molecule has 0 unspecified atom stereocenters. The molecule has 0 saturated carbocycles. The molecule has 9 aromatic carbocycles. The summed E-state index contributed by atoms with van der Waals surface area (Å²) in [7, 11) is -2.64. The first kappa shape index (κ1) is 36.2. The van der Waals surface area contributed by atoms with E-state index < -0.39 is 8.07 Å². The van der Waals surface area contributed by atoms with Crippen LogP contribution < -0.4 is 15.6 Å². The number of rotatable bonds is 5. The van der Waals surface area contributed by atoms with Crippen LogP contribution in [0.4, 0.5) is 0 Å². The van der Waals surface area contributed by atoms with Crippen molar-refractivity contribution < 1.29 is 26.2 Å². The number of benzene rings is 7. The molecule has 0 aliphatic carbocycles. The second-order valence-electron chi connectivity index (χ2n) is 13.5. The van der Waals surface area contributed by atoms with Gasteiger partial charge in [-0.1, -0.05) is 174 Å². The molecule has 2 heteroatoms. The molecule has 0 aliphatic heterocycles. The van der Waals surface area contributed by atoms with Crippen molar-refractivity contribution in [1.82, 2.24) is 0 Å². The van der Waals surface area contributed by atoms with Crippen LogP contribution in [0.3, 0.4) is 0 Å². The molecule has 51 heavy (non-hydrogen) atoms. The van der Waals surface area contributed by atoms with Gasteiger partial charge in [0.1, 0.15) is 8.07 Å². The van der Waals surface area contributed by atoms with Gasteiger partial charge in [0.2, 0.25) is 0 Å². The van der Waals surface area contributed by atoms with Crippen LogP contribution in [0.25, 0.3) is 65.3 Å². The molecule has 0 bridgehead atoms. The summed E-state index contributed by atoms with van der Waals surface area (Å²) in [5.74, 6) is 0. The number of hydrogen-bond donors (Lipinski definition) is 0. The fourth-order valence-electron chi connectivity index (χ4n) is 8.59. The molecular formula is C49H42SiZr. The second-order valence-corrected chi connectivity index (χ2v) is 17.4. The van der Waals surface area contributed by atoms with Crippen LogP contribution in [0.5, 0.6) is 0 Å². The zero-order chi connectivity index (χ0) is 32.4. The Hall–Kier alpha value is -4.62. The van der Waals surface area contributed by atoms with Gasteiger partial charge >= 0.3 is 26.2 Å². The summed E-state index contributed by atoms with van der Waals surface area (Å²) in [6.45, 7) is 7.18. The standard InChI is InChI=1S/C47H36Si.2CH3.Zr/c1-31-29-35-19-13-27-42(46(35)44(31)40-25-11-17-33-15-7-9-23-38(33)40)48(3,37-21-5-4-6-22-37)43-28-14-20-36-30-32(2)45(47(36)43)41-26-12-18-34-16-8-10-24-39(34)41;;;/h4-30H,1-3H3;2*1H3;/q-2;2*-1;+4. The molecule has 0 fully saturated rings. The normalized spacial score (nSPS) is 11.4. The van der Waals surface area contributed by atoms with E-state index in [1.165, 1.54) is 92.0 Å². The first-order chi connectivity index (χ1) is 23.5. The molecule has 0 atom stereocenters. The second kappa shape index (κ2) is 14.2. The topological polar surface area (TPSA) is 0 Å². The summed E-state index contributed by atoms with van der Waals surface area (Å²) in [5, 5.41) is 15.0. The molecule has 0 aromatic heterocycles. The van der Waals surface area contributed by atoms with Crippen molar-refractivity contribution in [2.45, 2.75) is 20.4 Å². The van der Waals surface area contributed by atoms with Gasteiger partial charge in [0.05, 0.1) is 0 Å². The van der Waals surface area contributed by atoms with Crippen LogP contribution in [0, 0.1) is 28.7 Å². The van der Waals surface area contributed by atoms with Crippen LogP contribution in [-0.4, -0.2) is 8.07 Å². The molecule has 9 rings (SSSR count). The third-order valence-corrected chi connectivity index (χ3v) is 15.2. The van der Waals surface area contributed by atoms with Gasteiger partial charge < -0.3 is 14.9 Å². The van der Waals surface area contributed by atoms with Crippen molar-refractivity contribution in [3.63, 3.8) is 0 Å². The molecular weight excluding hydrogens is 708 g/mol. The molecule has 0 amide bonds. The van der Waals surface area contributed by atoms with Crippen molar-refractivity contribution in [3.8, 4) is 22.3 Å². The molecule has 0 nitrogen and oxygen atoms in total. The predicted octanol–water partition coefficient (Wildman–Crippen LogP) is 11.7. The fourth-order valence-corrected chi connectivity index (χ4v) is 12.8. The van der Waals surface area contributed by atoms with E-state index in [1.54, 1.807) is 0 Å². The van der Waals surface area contributed by atoms with E-state index >= 15 is 0 Å². The predicted molar refractivity (Wildman–Crippen MR) is 224 cm³/mol. The van der Waals surface area contributed by atoms with E-state index in [0.29, 0.717) is 0 Å². The SMILES string of the molecule is Cc1[cH-]c2cccc([Si](C)(c3ccccc3)c3cccc4[cH-]c(C)c(-c5cccc6ccccc56)c34)c2c1-c1cccc2ccccc12.[CH3-].[CH3-].[Zr+4]. The Morgan fingerprint density at radius 2 is 0.824 bits per heavy atom. The van der Waals surface area contributed by atoms with Crippen LogP contribution in [0.1, 0.15) is 11.1 Å². The van der Waals surface area contributed by atoms with E-state index in [1.807, 2.05) is 0 Å². The molecule has 0 saturated heterocycles. The van der Waals surface area contributed by atoms with Crippen LogP contribution >= 0.6 is 0 Å². The zero-order valence-electron chi connectivity index (χ0n) is 30.1. The summed E-state index contributed by atoms with van der Waals surface area (Å²) in [4.78, 5) is 0. The Bertz CT molecular complexity index is 2480. The van der Waals surface area contributed by atoms with Gasteiger partial charge in [-0.25, -0.2) is 0 Å². The number of aryl methyl sites for hydroxylation is 2. The summed E-state index contributed by atoms with van der Waals surface area (Å²) in [6.07, 6.45) is 0. The maximum absolute atomic E-state index is 2.64. The zero-order valence-corrected chi connectivity index (χ0v) is 33.5. The molecule has 0 spiro atoms. The van der Waals surface area contributed by atoms with Gasteiger partial charge in [0.25, 0.3) is 0 Å². The van der Waals surface area contributed by atoms with E-state index in [4.69, 9.17) is 0 Å². The van der Waals surface area contributed by atoms with Gasteiger partial charge in [-0.3, -0.25) is 0 Å². The first-order valence-corrected chi connectivity index (χ1v) is 19.4. The minimum atomic E-state index is -2.64. The van der Waals surface area contributed by atoms with E-state index in [2.05, 4.69) is 184 Å². The van der Waals surface area contributed by atoms with Gasteiger partial charge in [-0.2, -0.15) is 0 Å². The maximum atomic E-state index is 2.59. The Balaban J connectivity index is 0.00000149. The van der Waals surface area contributed by atoms with Gasteiger partial charge in [-0.15, -0.1) is 80.2 Å². The summed E-state index contributed by atoms with van der Waals surface area (Å²) < 4.78 is 0. The average Bonchev–Trinajstić information content (AvgIpc) is 3.66. The molecule has 0 heterocycles. The van der Waals surface area contributed by atoms with Gasteiger partial charge in [0.15, 0.2) is 0 Å².